The third kappa shape index (κ3) is 3.89. The van der Waals surface area contributed by atoms with Crippen LogP contribution >= 0.6 is 0 Å². The molecule has 0 saturated carbocycles. The van der Waals surface area contributed by atoms with E-state index in [-0.39, 0.29) is 6.42 Å². The maximum atomic E-state index is 10.6. The van der Waals surface area contributed by atoms with Crippen LogP contribution in [0.25, 0.3) is 0 Å². The quantitative estimate of drug-likeness (QED) is 0.793. The fourth-order valence-corrected chi connectivity index (χ4v) is 1.95. The van der Waals surface area contributed by atoms with Crippen LogP contribution in [0.15, 0.2) is 30.6 Å². The van der Waals surface area contributed by atoms with Crippen LogP contribution in [0.5, 0.6) is 0 Å². The highest BCUT2D eigenvalue weighted by Crippen LogP contribution is 2.05. The highest BCUT2D eigenvalue weighted by Gasteiger charge is 2.03. The monoisotopic (exact) mass is 274 g/mol. The number of carboxylic acids is 1. The first-order valence-corrected chi connectivity index (χ1v) is 6.56. The Labute approximate surface area is 117 Å². The molecular weight excluding hydrogens is 256 g/mol. The fourth-order valence-electron chi connectivity index (χ4n) is 1.95. The third-order valence-corrected chi connectivity index (χ3v) is 3.03. The van der Waals surface area contributed by atoms with Gasteiger partial charge in [0.05, 0.1) is 13.0 Å². The summed E-state index contributed by atoms with van der Waals surface area (Å²) in [5, 5.41) is 19.9. The van der Waals surface area contributed by atoms with Crippen LogP contribution in [0.1, 0.15) is 23.9 Å². The molecule has 0 amide bonds. The van der Waals surface area contributed by atoms with Gasteiger partial charge >= 0.3 is 5.97 Å². The first kappa shape index (κ1) is 14.2. The Balaban J connectivity index is 1.83. The van der Waals surface area contributed by atoms with Crippen molar-refractivity contribution in [3.8, 4) is 0 Å². The molecule has 2 rings (SSSR count). The largest absolute Gasteiger partial charge is 0.481 e. The van der Waals surface area contributed by atoms with Crippen LogP contribution in [0.4, 0.5) is 0 Å². The van der Waals surface area contributed by atoms with E-state index in [1.807, 2.05) is 35.8 Å². The summed E-state index contributed by atoms with van der Waals surface area (Å²) >= 11 is 0. The van der Waals surface area contributed by atoms with Gasteiger partial charge in [0.15, 0.2) is 0 Å². The number of aliphatic carboxylic acids is 1. The van der Waals surface area contributed by atoms with Crippen LogP contribution in [-0.2, 0) is 30.8 Å². The standard InChI is InChI=1S/C14H18N4O2/c1-2-18-10-16-17-13(18)9-15-8-12-5-3-11(4-6-12)7-14(19)20/h3-6,10,15H,2,7-9H2,1H3,(H,19,20). The van der Waals surface area contributed by atoms with Crippen molar-refractivity contribution in [2.45, 2.75) is 33.0 Å². The summed E-state index contributed by atoms with van der Waals surface area (Å²) in [7, 11) is 0. The molecule has 2 aromatic rings. The molecule has 2 N–H and O–H groups in total. The number of rotatable bonds is 7. The van der Waals surface area contributed by atoms with Gasteiger partial charge in [-0.15, -0.1) is 10.2 Å². The topological polar surface area (TPSA) is 80.0 Å². The second-order valence-electron chi connectivity index (χ2n) is 4.52. The molecule has 1 aromatic heterocycles. The van der Waals surface area contributed by atoms with Crippen molar-refractivity contribution in [2.75, 3.05) is 0 Å². The molecule has 0 saturated heterocycles. The number of hydrogen-bond acceptors (Lipinski definition) is 4. The average Bonchev–Trinajstić information content (AvgIpc) is 2.87. The Hall–Kier alpha value is -2.21. The molecule has 6 heteroatoms. The summed E-state index contributed by atoms with van der Waals surface area (Å²) in [5.41, 5.74) is 1.92. The highest BCUT2D eigenvalue weighted by atomic mass is 16.4. The molecular formula is C14H18N4O2. The van der Waals surface area contributed by atoms with Gasteiger partial charge in [0.1, 0.15) is 12.2 Å². The van der Waals surface area contributed by atoms with Gasteiger partial charge in [0.2, 0.25) is 0 Å². The van der Waals surface area contributed by atoms with Gasteiger partial charge in [-0.25, -0.2) is 0 Å². The number of nitrogens with zero attached hydrogens (tertiary/aromatic N) is 3. The lowest BCUT2D eigenvalue weighted by Gasteiger charge is -2.06. The van der Waals surface area contributed by atoms with E-state index < -0.39 is 5.97 Å². The van der Waals surface area contributed by atoms with Crippen molar-refractivity contribution in [3.05, 3.63) is 47.5 Å². The Bertz CT molecular complexity index is 563. The summed E-state index contributed by atoms with van der Waals surface area (Å²) in [6.45, 7) is 4.27. The normalized spacial score (nSPS) is 10.7. The molecule has 20 heavy (non-hydrogen) atoms. The Morgan fingerprint density at radius 3 is 2.60 bits per heavy atom. The second kappa shape index (κ2) is 6.81. The van der Waals surface area contributed by atoms with E-state index in [9.17, 15) is 4.79 Å². The molecule has 0 spiro atoms. The Kier molecular flexibility index (Phi) is 4.84. The first-order valence-electron chi connectivity index (χ1n) is 6.56. The molecule has 0 aliphatic carbocycles. The zero-order valence-corrected chi connectivity index (χ0v) is 11.4. The maximum Gasteiger partial charge on any atom is 0.307 e. The minimum absolute atomic E-state index is 0.0628. The van der Waals surface area contributed by atoms with Gasteiger partial charge in [-0.05, 0) is 18.1 Å². The van der Waals surface area contributed by atoms with Crippen molar-refractivity contribution in [1.29, 1.82) is 0 Å². The number of nitrogens with one attached hydrogen (secondary N) is 1. The average molecular weight is 274 g/mol. The van der Waals surface area contributed by atoms with Crippen LogP contribution in [0.3, 0.4) is 0 Å². The minimum atomic E-state index is -0.810. The Morgan fingerprint density at radius 1 is 1.25 bits per heavy atom. The third-order valence-electron chi connectivity index (χ3n) is 3.03. The lowest BCUT2D eigenvalue weighted by molar-refractivity contribution is -0.136. The number of hydrogen-bond donors (Lipinski definition) is 2. The van der Waals surface area contributed by atoms with Crippen molar-refractivity contribution in [2.24, 2.45) is 0 Å². The molecule has 0 unspecified atom stereocenters. The van der Waals surface area contributed by atoms with Gasteiger partial charge in [-0.1, -0.05) is 24.3 Å². The molecule has 0 fully saturated rings. The van der Waals surface area contributed by atoms with E-state index in [0.29, 0.717) is 13.1 Å². The predicted octanol–water partition coefficient (Wildman–Crippen LogP) is 1.21. The number of aryl methyl sites for hydroxylation is 1. The number of carbonyl (C=O) groups is 1. The van der Waals surface area contributed by atoms with E-state index in [2.05, 4.69) is 15.5 Å². The lowest BCUT2D eigenvalue weighted by atomic mass is 10.1. The number of carboxylic acid groups (broad SMARTS) is 1. The van der Waals surface area contributed by atoms with Gasteiger partial charge in [-0.2, -0.15) is 0 Å². The molecule has 0 radical (unpaired) electrons. The van der Waals surface area contributed by atoms with E-state index >= 15 is 0 Å². The highest BCUT2D eigenvalue weighted by molar-refractivity contribution is 5.70. The summed E-state index contributed by atoms with van der Waals surface area (Å²) in [6, 6.07) is 7.57. The molecule has 106 valence electrons. The van der Waals surface area contributed by atoms with Crippen LogP contribution in [0, 0.1) is 0 Å². The van der Waals surface area contributed by atoms with Crippen LogP contribution in [0.2, 0.25) is 0 Å². The molecule has 0 bridgehead atoms. The van der Waals surface area contributed by atoms with Gasteiger partial charge in [0.25, 0.3) is 0 Å². The summed E-state index contributed by atoms with van der Waals surface area (Å²) in [5.74, 6) is 0.102. The maximum absolute atomic E-state index is 10.6. The van der Waals surface area contributed by atoms with Crippen molar-refractivity contribution >= 4 is 5.97 Å². The first-order chi connectivity index (χ1) is 9.69. The van der Waals surface area contributed by atoms with Gasteiger partial charge in [0, 0.05) is 13.1 Å². The molecule has 0 atom stereocenters. The van der Waals surface area contributed by atoms with E-state index in [0.717, 1.165) is 23.5 Å². The zero-order valence-electron chi connectivity index (χ0n) is 11.4. The summed E-state index contributed by atoms with van der Waals surface area (Å²) < 4.78 is 1.99. The summed E-state index contributed by atoms with van der Waals surface area (Å²) in [4.78, 5) is 10.6. The molecule has 1 heterocycles. The lowest BCUT2D eigenvalue weighted by Crippen LogP contribution is -2.16. The molecule has 6 nitrogen and oxygen atoms in total. The Morgan fingerprint density at radius 2 is 1.95 bits per heavy atom. The SMILES string of the molecule is CCn1cnnc1CNCc1ccc(CC(=O)O)cc1. The van der Waals surface area contributed by atoms with E-state index in [1.54, 1.807) is 6.33 Å². The minimum Gasteiger partial charge on any atom is -0.481 e. The fraction of sp³-hybridized carbons (Fsp3) is 0.357. The van der Waals surface area contributed by atoms with Gasteiger partial charge in [-0.3, -0.25) is 4.79 Å². The van der Waals surface area contributed by atoms with E-state index in [4.69, 9.17) is 5.11 Å². The molecule has 0 aliphatic rings. The van der Waals surface area contributed by atoms with Crippen LogP contribution < -0.4 is 5.32 Å². The number of aromatic nitrogens is 3. The van der Waals surface area contributed by atoms with E-state index in [1.165, 1.54) is 0 Å². The molecule has 1 aromatic carbocycles. The van der Waals surface area contributed by atoms with Crippen molar-refractivity contribution in [3.63, 3.8) is 0 Å². The zero-order chi connectivity index (χ0) is 14.4. The molecule has 0 aliphatic heterocycles. The van der Waals surface area contributed by atoms with Gasteiger partial charge < -0.3 is 15.0 Å². The number of benzene rings is 1. The van der Waals surface area contributed by atoms with Crippen LogP contribution in [-0.4, -0.2) is 25.8 Å². The summed E-state index contributed by atoms with van der Waals surface area (Å²) in [6.07, 6.45) is 1.78. The smallest absolute Gasteiger partial charge is 0.307 e. The van der Waals surface area contributed by atoms with Crippen molar-refractivity contribution in [1.82, 2.24) is 20.1 Å². The second-order valence-corrected chi connectivity index (χ2v) is 4.52. The van der Waals surface area contributed by atoms with Crippen molar-refractivity contribution < 1.29 is 9.90 Å². The predicted molar refractivity (Wildman–Crippen MR) is 74.0 cm³/mol.